The van der Waals surface area contributed by atoms with Crippen molar-refractivity contribution in [3.8, 4) is 0 Å². The summed E-state index contributed by atoms with van der Waals surface area (Å²) >= 11 is 5.51. The minimum absolute atomic E-state index is 0.363. The van der Waals surface area contributed by atoms with E-state index in [0.29, 0.717) is 18.2 Å². The predicted molar refractivity (Wildman–Crippen MR) is 74.7 cm³/mol. The smallest absolute Gasteiger partial charge is 0.0704 e. The van der Waals surface area contributed by atoms with Gasteiger partial charge in [0.2, 0.25) is 0 Å². The molecule has 17 heavy (non-hydrogen) atoms. The summed E-state index contributed by atoms with van der Waals surface area (Å²) in [6, 6.07) is 3.37. The monoisotopic (exact) mass is 315 g/mol. The Morgan fingerprint density at radius 1 is 1.47 bits per heavy atom. The molecule has 0 aromatic carbocycles. The van der Waals surface area contributed by atoms with Crippen molar-refractivity contribution in [2.45, 2.75) is 50.8 Å². The summed E-state index contributed by atoms with van der Waals surface area (Å²) in [4.78, 5) is 1.56. The van der Waals surface area contributed by atoms with Crippen LogP contribution in [0.4, 0.5) is 0 Å². The Labute approximate surface area is 115 Å². The van der Waals surface area contributed by atoms with E-state index in [4.69, 9.17) is 4.74 Å². The van der Waals surface area contributed by atoms with E-state index in [0.717, 1.165) is 13.0 Å². The number of fused-ring (bicyclic) bond motifs is 1. The second kappa shape index (κ2) is 5.00. The molecule has 1 N–H and O–H groups in total. The SMILES string of the molecule is CC1OCCC1NC1CCCc2sc(Br)cc21. The van der Waals surface area contributed by atoms with E-state index in [-0.39, 0.29) is 0 Å². The first-order valence-corrected chi connectivity index (χ1v) is 8.01. The van der Waals surface area contributed by atoms with Crippen molar-refractivity contribution >= 4 is 27.3 Å². The van der Waals surface area contributed by atoms with Crippen molar-refractivity contribution in [1.82, 2.24) is 5.32 Å². The number of rotatable bonds is 2. The van der Waals surface area contributed by atoms with E-state index in [9.17, 15) is 0 Å². The Hall–Kier alpha value is 0.100. The van der Waals surface area contributed by atoms with E-state index < -0.39 is 0 Å². The predicted octanol–water partition coefficient (Wildman–Crippen LogP) is 3.66. The van der Waals surface area contributed by atoms with Gasteiger partial charge in [-0.15, -0.1) is 11.3 Å². The molecule has 0 spiro atoms. The topological polar surface area (TPSA) is 21.3 Å². The zero-order valence-electron chi connectivity index (χ0n) is 10.0. The highest BCUT2D eigenvalue weighted by Crippen LogP contribution is 2.38. The van der Waals surface area contributed by atoms with Gasteiger partial charge in [0.15, 0.2) is 0 Å². The second-order valence-electron chi connectivity index (χ2n) is 5.01. The van der Waals surface area contributed by atoms with Gasteiger partial charge >= 0.3 is 0 Å². The lowest BCUT2D eigenvalue weighted by Crippen LogP contribution is -2.38. The molecular formula is C13H18BrNOS. The first-order valence-electron chi connectivity index (χ1n) is 6.40. The van der Waals surface area contributed by atoms with Crippen LogP contribution in [-0.2, 0) is 11.2 Å². The van der Waals surface area contributed by atoms with Crippen LogP contribution in [0.15, 0.2) is 9.85 Å². The number of thiophene rings is 1. The minimum atomic E-state index is 0.363. The fraction of sp³-hybridized carbons (Fsp3) is 0.692. The van der Waals surface area contributed by atoms with Crippen molar-refractivity contribution in [1.29, 1.82) is 0 Å². The summed E-state index contributed by atoms with van der Waals surface area (Å²) < 4.78 is 6.90. The molecule has 1 fully saturated rings. The van der Waals surface area contributed by atoms with Crippen LogP contribution in [0.2, 0.25) is 0 Å². The normalized spacial score (nSPS) is 32.7. The molecule has 1 aliphatic heterocycles. The molecule has 1 aromatic heterocycles. The van der Waals surface area contributed by atoms with Crippen LogP contribution < -0.4 is 5.32 Å². The molecule has 3 rings (SSSR count). The highest BCUT2D eigenvalue weighted by atomic mass is 79.9. The van der Waals surface area contributed by atoms with E-state index in [1.807, 2.05) is 11.3 Å². The molecule has 2 aliphatic rings. The summed E-state index contributed by atoms with van der Waals surface area (Å²) in [5.41, 5.74) is 1.52. The van der Waals surface area contributed by atoms with Crippen LogP contribution in [-0.4, -0.2) is 18.8 Å². The third-order valence-corrected chi connectivity index (χ3v) is 5.59. The molecular weight excluding hydrogens is 298 g/mol. The largest absolute Gasteiger partial charge is 0.377 e. The Bertz CT molecular complexity index is 406. The molecule has 1 saturated heterocycles. The summed E-state index contributed by atoms with van der Waals surface area (Å²) in [6.45, 7) is 3.09. The van der Waals surface area contributed by atoms with Gasteiger partial charge in [0.05, 0.1) is 9.89 Å². The number of ether oxygens (including phenoxy) is 1. The molecule has 0 radical (unpaired) electrons. The highest BCUT2D eigenvalue weighted by Gasteiger charge is 2.29. The van der Waals surface area contributed by atoms with Crippen LogP contribution in [0.1, 0.15) is 42.7 Å². The average molecular weight is 316 g/mol. The summed E-state index contributed by atoms with van der Waals surface area (Å²) in [6.07, 6.45) is 5.33. The highest BCUT2D eigenvalue weighted by molar-refractivity contribution is 9.11. The molecule has 2 heterocycles. The first kappa shape index (κ1) is 12.2. The van der Waals surface area contributed by atoms with Crippen molar-refractivity contribution in [2.75, 3.05) is 6.61 Å². The summed E-state index contributed by atoms with van der Waals surface area (Å²) in [5, 5.41) is 3.80. The fourth-order valence-electron chi connectivity index (χ4n) is 2.90. The summed E-state index contributed by atoms with van der Waals surface area (Å²) in [5.74, 6) is 0. The minimum Gasteiger partial charge on any atom is -0.377 e. The lowest BCUT2D eigenvalue weighted by Gasteiger charge is -2.28. The average Bonchev–Trinajstić information content (AvgIpc) is 2.85. The Balaban J connectivity index is 1.76. The van der Waals surface area contributed by atoms with Gasteiger partial charge in [-0.2, -0.15) is 0 Å². The second-order valence-corrected chi connectivity index (χ2v) is 7.53. The standard InChI is InChI=1S/C13H18BrNOS/c1-8-10(5-6-16-8)15-11-3-2-4-12-9(11)7-13(14)17-12/h7-8,10-11,15H,2-6H2,1H3. The van der Waals surface area contributed by atoms with E-state index >= 15 is 0 Å². The van der Waals surface area contributed by atoms with Crippen LogP contribution in [0.3, 0.4) is 0 Å². The van der Waals surface area contributed by atoms with Gasteiger partial charge in [-0.1, -0.05) is 0 Å². The molecule has 4 heteroatoms. The Kier molecular flexibility index (Phi) is 3.57. The quantitative estimate of drug-likeness (QED) is 0.899. The molecule has 0 bridgehead atoms. The number of hydrogen-bond donors (Lipinski definition) is 1. The van der Waals surface area contributed by atoms with Crippen molar-refractivity contribution in [3.05, 3.63) is 20.3 Å². The van der Waals surface area contributed by atoms with Crippen LogP contribution in [0.5, 0.6) is 0 Å². The van der Waals surface area contributed by atoms with Crippen LogP contribution >= 0.6 is 27.3 Å². The maximum Gasteiger partial charge on any atom is 0.0704 e. The zero-order valence-corrected chi connectivity index (χ0v) is 12.4. The van der Waals surface area contributed by atoms with Gasteiger partial charge in [0.25, 0.3) is 0 Å². The zero-order chi connectivity index (χ0) is 11.8. The lowest BCUT2D eigenvalue weighted by molar-refractivity contribution is 0.110. The molecule has 94 valence electrons. The van der Waals surface area contributed by atoms with Crippen LogP contribution in [0.25, 0.3) is 0 Å². The molecule has 3 atom stereocenters. The molecule has 3 unspecified atom stereocenters. The lowest BCUT2D eigenvalue weighted by atomic mass is 9.93. The van der Waals surface area contributed by atoms with Gasteiger partial charge < -0.3 is 10.1 Å². The van der Waals surface area contributed by atoms with Gasteiger partial charge in [-0.25, -0.2) is 0 Å². The van der Waals surface area contributed by atoms with Crippen molar-refractivity contribution < 1.29 is 4.74 Å². The van der Waals surface area contributed by atoms with Gasteiger partial charge in [0, 0.05) is 23.6 Å². The maximum atomic E-state index is 5.63. The van der Waals surface area contributed by atoms with E-state index in [1.165, 1.54) is 28.6 Å². The van der Waals surface area contributed by atoms with Gasteiger partial charge in [-0.3, -0.25) is 0 Å². The molecule has 1 aliphatic carbocycles. The molecule has 0 saturated carbocycles. The molecule has 0 amide bonds. The van der Waals surface area contributed by atoms with Gasteiger partial charge in [0.1, 0.15) is 0 Å². The Morgan fingerprint density at radius 3 is 3.12 bits per heavy atom. The van der Waals surface area contributed by atoms with E-state index in [1.54, 1.807) is 4.88 Å². The third kappa shape index (κ3) is 2.46. The molecule has 1 aromatic rings. The molecule has 2 nitrogen and oxygen atoms in total. The maximum absolute atomic E-state index is 5.63. The number of nitrogens with one attached hydrogen (secondary N) is 1. The van der Waals surface area contributed by atoms with Crippen molar-refractivity contribution in [2.24, 2.45) is 0 Å². The third-order valence-electron chi connectivity index (χ3n) is 3.88. The van der Waals surface area contributed by atoms with Crippen molar-refractivity contribution in [3.63, 3.8) is 0 Å². The summed E-state index contributed by atoms with van der Waals surface area (Å²) in [7, 11) is 0. The van der Waals surface area contributed by atoms with E-state index in [2.05, 4.69) is 34.2 Å². The Morgan fingerprint density at radius 2 is 2.35 bits per heavy atom. The number of aryl methyl sites for hydroxylation is 1. The van der Waals surface area contributed by atoms with Gasteiger partial charge in [-0.05, 0) is 60.2 Å². The number of hydrogen-bond acceptors (Lipinski definition) is 3. The number of halogens is 1. The first-order chi connectivity index (χ1) is 8.24. The fourth-order valence-corrected chi connectivity index (χ4v) is 4.72. The van der Waals surface area contributed by atoms with Crippen LogP contribution in [0, 0.1) is 0 Å².